The number of nitrogen functional groups attached to an aromatic ring is 1. The van der Waals surface area contributed by atoms with Crippen molar-refractivity contribution in [3.05, 3.63) is 22.4 Å². The van der Waals surface area contributed by atoms with E-state index in [2.05, 4.69) is 20.9 Å². The van der Waals surface area contributed by atoms with Crippen LogP contribution in [0.1, 0.15) is 5.56 Å². The van der Waals surface area contributed by atoms with Crippen LogP contribution in [0, 0.1) is 11.3 Å². The normalized spacial score (nSPS) is 9.09. The molecule has 1 aromatic rings. The summed E-state index contributed by atoms with van der Waals surface area (Å²) in [5, 5.41) is 8.35. The van der Waals surface area contributed by atoms with Crippen molar-refractivity contribution in [2.24, 2.45) is 0 Å². The molecule has 56 valence electrons. The molecular weight excluding hydrogens is 206 g/mol. The summed E-state index contributed by atoms with van der Waals surface area (Å²) < 4.78 is 0.624. The smallest absolute Gasteiger partial charge is 0.128 e. The lowest BCUT2D eigenvalue weighted by Gasteiger charge is -1.97. The number of rotatable bonds is 1. The summed E-state index contributed by atoms with van der Waals surface area (Å²) in [5.74, 6) is 0. The first-order chi connectivity index (χ1) is 5.24. The number of nitrogens with two attached hydrogens (primary N) is 1. The zero-order chi connectivity index (χ0) is 8.27. The molecule has 3 nitrogen and oxygen atoms in total. The third-order valence-corrected chi connectivity index (χ3v) is 1.87. The van der Waals surface area contributed by atoms with Crippen LogP contribution in [0.4, 0.5) is 5.69 Å². The molecular formula is C7H6BrN3. The van der Waals surface area contributed by atoms with Crippen LogP contribution in [0.5, 0.6) is 0 Å². The minimum Gasteiger partial charge on any atom is -0.397 e. The van der Waals surface area contributed by atoms with Gasteiger partial charge in [0.25, 0.3) is 0 Å². The number of nitrogens with zero attached hydrogens (tertiary/aromatic N) is 2. The number of hydrogen-bond acceptors (Lipinski definition) is 3. The molecule has 0 atom stereocenters. The monoisotopic (exact) mass is 211 g/mol. The molecule has 11 heavy (non-hydrogen) atoms. The molecule has 0 aromatic carbocycles. The lowest BCUT2D eigenvalue weighted by atomic mass is 10.2. The van der Waals surface area contributed by atoms with Gasteiger partial charge in [0.05, 0.1) is 18.2 Å². The van der Waals surface area contributed by atoms with Gasteiger partial charge in [-0.1, -0.05) is 0 Å². The molecule has 0 aliphatic heterocycles. The fourth-order valence-corrected chi connectivity index (χ4v) is 0.915. The topological polar surface area (TPSA) is 62.7 Å². The van der Waals surface area contributed by atoms with Crippen molar-refractivity contribution in [3.8, 4) is 6.07 Å². The molecule has 0 unspecified atom stereocenters. The summed E-state index contributed by atoms with van der Waals surface area (Å²) in [6.07, 6.45) is 1.98. The predicted molar refractivity (Wildman–Crippen MR) is 45.7 cm³/mol. The second kappa shape index (κ2) is 3.35. The van der Waals surface area contributed by atoms with Gasteiger partial charge in [-0.25, -0.2) is 4.98 Å². The van der Waals surface area contributed by atoms with Crippen LogP contribution in [0.2, 0.25) is 0 Å². The van der Waals surface area contributed by atoms with Gasteiger partial charge in [0.2, 0.25) is 0 Å². The first-order valence-electron chi connectivity index (χ1n) is 3.01. The van der Waals surface area contributed by atoms with Gasteiger partial charge in [-0.2, -0.15) is 5.26 Å². The largest absolute Gasteiger partial charge is 0.397 e. The van der Waals surface area contributed by atoms with Crippen molar-refractivity contribution in [2.45, 2.75) is 6.42 Å². The number of hydrogen-bond donors (Lipinski definition) is 1. The second-order valence-electron chi connectivity index (χ2n) is 2.06. The van der Waals surface area contributed by atoms with Gasteiger partial charge in [-0.05, 0) is 27.6 Å². The quantitative estimate of drug-likeness (QED) is 0.717. The highest BCUT2D eigenvalue weighted by atomic mass is 79.9. The molecule has 0 amide bonds. The van der Waals surface area contributed by atoms with Crippen LogP contribution in [0.25, 0.3) is 0 Å². The molecule has 0 aliphatic rings. The van der Waals surface area contributed by atoms with E-state index in [9.17, 15) is 0 Å². The molecule has 0 fully saturated rings. The Balaban J connectivity index is 2.98. The summed E-state index contributed by atoms with van der Waals surface area (Å²) in [4.78, 5) is 3.94. The summed E-state index contributed by atoms with van der Waals surface area (Å²) in [5.41, 5.74) is 6.94. The maximum absolute atomic E-state index is 8.35. The Labute approximate surface area is 73.0 Å². The van der Waals surface area contributed by atoms with Gasteiger partial charge in [0.15, 0.2) is 0 Å². The van der Waals surface area contributed by atoms with E-state index in [1.165, 1.54) is 0 Å². The van der Waals surface area contributed by atoms with Gasteiger partial charge >= 0.3 is 0 Å². The third kappa shape index (κ3) is 1.92. The molecule has 1 aromatic heterocycles. The van der Waals surface area contributed by atoms with E-state index in [4.69, 9.17) is 11.0 Å². The Kier molecular flexibility index (Phi) is 2.44. The SMILES string of the molecule is N#CCc1cnc(Br)c(N)c1. The van der Waals surface area contributed by atoms with Crippen LogP contribution in [0.3, 0.4) is 0 Å². The molecule has 1 rings (SSSR count). The molecule has 0 bridgehead atoms. The molecule has 4 heteroatoms. The molecule has 0 aliphatic carbocycles. The average molecular weight is 212 g/mol. The van der Waals surface area contributed by atoms with Crippen molar-refractivity contribution >= 4 is 21.6 Å². The fourth-order valence-electron chi connectivity index (χ4n) is 0.699. The highest BCUT2D eigenvalue weighted by Gasteiger charge is 1.97. The molecule has 0 saturated heterocycles. The van der Waals surface area contributed by atoms with E-state index in [1.54, 1.807) is 12.3 Å². The van der Waals surface area contributed by atoms with Crippen molar-refractivity contribution < 1.29 is 0 Å². The van der Waals surface area contributed by atoms with Gasteiger partial charge in [-0.3, -0.25) is 0 Å². The molecule has 0 spiro atoms. The van der Waals surface area contributed by atoms with E-state index in [-0.39, 0.29) is 0 Å². The van der Waals surface area contributed by atoms with E-state index >= 15 is 0 Å². The number of aromatic nitrogens is 1. The first-order valence-corrected chi connectivity index (χ1v) is 3.80. The van der Waals surface area contributed by atoms with Crippen molar-refractivity contribution in [1.29, 1.82) is 5.26 Å². The highest BCUT2D eigenvalue weighted by molar-refractivity contribution is 9.10. The van der Waals surface area contributed by atoms with E-state index in [0.717, 1.165) is 5.56 Å². The highest BCUT2D eigenvalue weighted by Crippen LogP contribution is 2.16. The van der Waals surface area contributed by atoms with Gasteiger partial charge in [-0.15, -0.1) is 0 Å². The minimum atomic E-state index is 0.352. The summed E-state index contributed by atoms with van der Waals surface area (Å²) in [7, 11) is 0. The van der Waals surface area contributed by atoms with Crippen LogP contribution in [0.15, 0.2) is 16.9 Å². The van der Waals surface area contributed by atoms with Crippen molar-refractivity contribution in [2.75, 3.05) is 5.73 Å². The fraction of sp³-hybridized carbons (Fsp3) is 0.143. The Morgan fingerprint density at radius 1 is 1.73 bits per heavy atom. The summed E-state index contributed by atoms with van der Waals surface area (Å²) in [6.45, 7) is 0. The van der Waals surface area contributed by atoms with Crippen LogP contribution in [-0.4, -0.2) is 4.98 Å². The Bertz CT molecular complexity index is 303. The Morgan fingerprint density at radius 3 is 3.00 bits per heavy atom. The zero-order valence-electron chi connectivity index (χ0n) is 5.71. The standard InChI is InChI=1S/C7H6BrN3/c8-7-6(10)3-5(1-2-9)4-11-7/h3-4H,1,10H2. The molecule has 0 saturated carbocycles. The third-order valence-electron chi connectivity index (χ3n) is 1.21. The minimum absolute atomic E-state index is 0.352. The lowest BCUT2D eigenvalue weighted by molar-refractivity contribution is 1.17. The van der Waals surface area contributed by atoms with Gasteiger partial charge in [0, 0.05) is 6.20 Å². The Hall–Kier alpha value is -1.08. The second-order valence-corrected chi connectivity index (χ2v) is 2.81. The number of anilines is 1. The number of nitriles is 1. The first kappa shape index (κ1) is 8.02. The van der Waals surface area contributed by atoms with Crippen LogP contribution >= 0.6 is 15.9 Å². The Morgan fingerprint density at radius 2 is 2.45 bits per heavy atom. The summed E-state index contributed by atoms with van der Waals surface area (Å²) in [6, 6.07) is 3.76. The van der Waals surface area contributed by atoms with Crippen molar-refractivity contribution in [1.82, 2.24) is 4.98 Å². The van der Waals surface area contributed by atoms with Gasteiger partial charge < -0.3 is 5.73 Å². The van der Waals surface area contributed by atoms with Crippen LogP contribution in [-0.2, 0) is 6.42 Å². The van der Waals surface area contributed by atoms with Crippen LogP contribution < -0.4 is 5.73 Å². The maximum atomic E-state index is 8.35. The molecule has 0 radical (unpaired) electrons. The molecule has 1 heterocycles. The average Bonchev–Trinajstić information content (AvgIpc) is 1.98. The summed E-state index contributed by atoms with van der Waals surface area (Å²) >= 11 is 3.16. The number of halogens is 1. The maximum Gasteiger partial charge on any atom is 0.128 e. The molecule has 2 N–H and O–H groups in total. The van der Waals surface area contributed by atoms with E-state index in [1.807, 2.05) is 6.07 Å². The van der Waals surface area contributed by atoms with E-state index < -0.39 is 0 Å². The number of pyridine rings is 1. The zero-order valence-corrected chi connectivity index (χ0v) is 7.30. The lowest BCUT2D eigenvalue weighted by Crippen LogP contribution is -1.92. The van der Waals surface area contributed by atoms with Gasteiger partial charge in [0.1, 0.15) is 4.60 Å². The van der Waals surface area contributed by atoms with E-state index in [0.29, 0.717) is 16.7 Å². The van der Waals surface area contributed by atoms with Crippen molar-refractivity contribution in [3.63, 3.8) is 0 Å². The predicted octanol–water partition coefficient (Wildman–Crippen LogP) is 1.49.